The van der Waals surface area contributed by atoms with E-state index in [0.717, 1.165) is 18.4 Å². The van der Waals surface area contributed by atoms with Gasteiger partial charge in [0.25, 0.3) is 0 Å². The molecular weight excluding hydrogens is 270 g/mol. The number of carbonyl (C=O) groups excluding carboxylic acids is 1. The molecule has 1 N–H and O–H groups in total. The summed E-state index contributed by atoms with van der Waals surface area (Å²) in [6, 6.07) is 8.25. The minimum Gasteiger partial charge on any atom is -0.395 e. The molecule has 1 fully saturated rings. The van der Waals surface area contributed by atoms with Crippen molar-refractivity contribution in [1.29, 1.82) is 0 Å². The van der Waals surface area contributed by atoms with Gasteiger partial charge in [-0.2, -0.15) is 0 Å². The summed E-state index contributed by atoms with van der Waals surface area (Å²) in [5.41, 5.74) is 0.767. The lowest BCUT2D eigenvalue weighted by Gasteiger charge is -2.27. The Balaban J connectivity index is 1.99. The van der Waals surface area contributed by atoms with Crippen molar-refractivity contribution < 1.29 is 9.90 Å². The largest absolute Gasteiger partial charge is 0.395 e. The number of aliphatic hydroxyl groups is 1. The quantitative estimate of drug-likeness (QED) is 0.620. The summed E-state index contributed by atoms with van der Waals surface area (Å²) in [5, 5.41) is 9.19. The molecule has 0 amide bonds. The van der Waals surface area contributed by atoms with Crippen LogP contribution in [0.25, 0.3) is 0 Å². The lowest BCUT2D eigenvalue weighted by molar-refractivity contribution is 0.0862. The number of aliphatic hydroxyl groups excluding tert-OH is 1. The zero-order valence-electron chi connectivity index (χ0n) is 12.0. The molecule has 3 nitrogen and oxygen atoms in total. The first-order valence-electron chi connectivity index (χ1n) is 7.26. The van der Waals surface area contributed by atoms with Crippen molar-refractivity contribution in [3.8, 4) is 0 Å². The van der Waals surface area contributed by atoms with Crippen LogP contribution < -0.4 is 0 Å². The van der Waals surface area contributed by atoms with Crippen LogP contribution in [0.15, 0.2) is 29.2 Å². The molecule has 1 aromatic carbocycles. The highest BCUT2D eigenvalue weighted by molar-refractivity contribution is 7.98. The Morgan fingerprint density at radius 2 is 1.95 bits per heavy atom. The second kappa shape index (κ2) is 7.81. The average Bonchev–Trinajstić information content (AvgIpc) is 3.01. The molecule has 0 radical (unpaired) electrons. The van der Waals surface area contributed by atoms with E-state index >= 15 is 0 Å². The maximum atomic E-state index is 12.4. The summed E-state index contributed by atoms with van der Waals surface area (Å²) in [6.07, 6.45) is 6.81. The molecule has 2 rings (SSSR count). The Kier molecular flexibility index (Phi) is 6.07. The smallest absolute Gasteiger partial charge is 0.176 e. The van der Waals surface area contributed by atoms with Gasteiger partial charge in [0.2, 0.25) is 0 Å². The standard InChI is InChI=1S/C16H23NO2S/c1-20-15-8-6-13(7-9-15)16(19)12-17(10-11-18)14-4-2-3-5-14/h6-9,14,18H,2-5,10-12H2,1H3. The van der Waals surface area contributed by atoms with Crippen molar-refractivity contribution in [1.82, 2.24) is 4.90 Å². The Bertz CT molecular complexity index is 427. The SMILES string of the molecule is CSc1ccc(C(=O)CN(CCO)C2CCCC2)cc1. The average molecular weight is 293 g/mol. The molecule has 1 saturated carbocycles. The third-order valence-corrected chi connectivity index (χ3v) is 4.73. The van der Waals surface area contributed by atoms with Gasteiger partial charge in [-0.05, 0) is 31.2 Å². The number of rotatable bonds is 7. The highest BCUT2D eigenvalue weighted by Gasteiger charge is 2.24. The predicted octanol–water partition coefficient (Wildman–Crippen LogP) is 2.83. The first-order valence-corrected chi connectivity index (χ1v) is 8.49. The number of benzene rings is 1. The first kappa shape index (κ1) is 15.5. The van der Waals surface area contributed by atoms with Crippen molar-refractivity contribution in [3.05, 3.63) is 29.8 Å². The lowest BCUT2D eigenvalue weighted by atomic mass is 10.1. The maximum absolute atomic E-state index is 12.4. The summed E-state index contributed by atoms with van der Waals surface area (Å²) < 4.78 is 0. The fourth-order valence-corrected chi connectivity index (χ4v) is 3.25. The van der Waals surface area contributed by atoms with Crippen molar-refractivity contribution in [3.63, 3.8) is 0 Å². The van der Waals surface area contributed by atoms with E-state index in [1.807, 2.05) is 30.5 Å². The monoisotopic (exact) mass is 293 g/mol. The summed E-state index contributed by atoms with van der Waals surface area (Å²) >= 11 is 1.68. The van der Waals surface area contributed by atoms with Crippen LogP contribution in [0.3, 0.4) is 0 Å². The Morgan fingerprint density at radius 3 is 2.50 bits per heavy atom. The number of ketones is 1. The number of nitrogens with zero attached hydrogens (tertiary/aromatic N) is 1. The van der Waals surface area contributed by atoms with Crippen molar-refractivity contribution in [2.45, 2.75) is 36.6 Å². The minimum absolute atomic E-state index is 0.120. The molecule has 0 aliphatic heterocycles. The van der Waals surface area contributed by atoms with Gasteiger partial charge in [-0.1, -0.05) is 25.0 Å². The highest BCUT2D eigenvalue weighted by atomic mass is 32.2. The number of hydrogen-bond donors (Lipinski definition) is 1. The van der Waals surface area contributed by atoms with Crippen LogP contribution in [0.4, 0.5) is 0 Å². The second-order valence-electron chi connectivity index (χ2n) is 5.28. The van der Waals surface area contributed by atoms with Crippen LogP contribution in [0.5, 0.6) is 0 Å². The van der Waals surface area contributed by atoms with E-state index < -0.39 is 0 Å². The van der Waals surface area contributed by atoms with Crippen LogP contribution >= 0.6 is 11.8 Å². The van der Waals surface area contributed by atoms with E-state index in [9.17, 15) is 9.90 Å². The topological polar surface area (TPSA) is 40.5 Å². The van der Waals surface area contributed by atoms with Gasteiger partial charge in [0.05, 0.1) is 13.2 Å². The molecule has 0 bridgehead atoms. The molecule has 0 unspecified atom stereocenters. The Labute approximate surface area is 125 Å². The van der Waals surface area contributed by atoms with E-state index in [1.165, 1.54) is 17.7 Å². The fourth-order valence-electron chi connectivity index (χ4n) is 2.84. The third-order valence-electron chi connectivity index (χ3n) is 3.99. The molecule has 0 atom stereocenters. The zero-order valence-corrected chi connectivity index (χ0v) is 12.9. The fraction of sp³-hybridized carbons (Fsp3) is 0.562. The number of hydrogen-bond acceptors (Lipinski definition) is 4. The molecule has 0 saturated heterocycles. The molecule has 20 heavy (non-hydrogen) atoms. The molecule has 0 aromatic heterocycles. The molecule has 1 aliphatic carbocycles. The minimum atomic E-state index is 0.120. The zero-order chi connectivity index (χ0) is 14.4. The van der Waals surface area contributed by atoms with Gasteiger partial charge in [0.15, 0.2) is 5.78 Å². The van der Waals surface area contributed by atoms with Crippen molar-refractivity contribution >= 4 is 17.5 Å². The van der Waals surface area contributed by atoms with E-state index in [1.54, 1.807) is 11.8 Å². The number of thioether (sulfide) groups is 1. The molecule has 1 aliphatic rings. The summed E-state index contributed by atoms with van der Waals surface area (Å²) in [7, 11) is 0. The van der Waals surface area contributed by atoms with Gasteiger partial charge >= 0.3 is 0 Å². The Morgan fingerprint density at radius 1 is 1.30 bits per heavy atom. The van der Waals surface area contributed by atoms with Gasteiger partial charge in [0.1, 0.15) is 0 Å². The van der Waals surface area contributed by atoms with Crippen LogP contribution in [0, 0.1) is 0 Å². The summed E-state index contributed by atoms with van der Waals surface area (Å²) in [6.45, 7) is 1.14. The molecular formula is C16H23NO2S. The van der Waals surface area contributed by atoms with Crippen LogP contribution in [0.2, 0.25) is 0 Å². The van der Waals surface area contributed by atoms with Crippen LogP contribution in [-0.2, 0) is 0 Å². The highest BCUT2D eigenvalue weighted by Crippen LogP contribution is 2.23. The number of Topliss-reactive ketones (excluding diaryl/α,β-unsaturated/α-hetero) is 1. The molecule has 4 heteroatoms. The van der Waals surface area contributed by atoms with E-state index in [-0.39, 0.29) is 12.4 Å². The van der Waals surface area contributed by atoms with E-state index in [4.69, 9.17) is 0 Å². The summed E-state index contributed by atoms with van der Waals surface area (Å²) in [4.78, 5) is 15.7. The van der Waals surface area contributed by atoms with E-state index in [0.29, 0.717) is 19.1 Å². The third kappa shape index (κ3) is 4.08. The second-order valence-corrected chi connectivity index (χ2v) is 6.16. The van der Waals surface area contributed by atoms with Gasteiger partial charge in [-0.15, -0.1) is 11.8 Å². The predicted molar refractivity (Wildman–Crippen MR) is 83.5 cm³/mol. The van der Waals surface area contributed by atoms with E-state index in [2.05, 4.69) is 4.90 Å². The molecule has 0 spiro atoms. The van der Waals surface area contributed by atoms with Crippen molar-refractivity contribution in [2.24, 2.45) is 0 Å². The normalized spacial score (nSPS) is 15.9. The van der Waals surface area contributed by atoms with Crippen LogP contribution in [0.1, 0.15) is 36.0 Å². The summed E-state index contributed by atoms with van der Waals surface area (Å²) in [5.74, 6) is 0.151. The molecule has 0 heterocycles. The van der Waals surface area contributed by atoms with Gasteiger partial charge in [-0.3, -0.25) is 9.69 Å². The van der Waals surface area contributed by atoms with Gasteiger partial charge < -0.3 is 5.11 Å². The first-order chi connectivity index (χ1) is 9.74. The maximum Gasteiger partial charge on any atom is 0.176 e. The molecule has 1 aromatic rings. The van der Waals surface area contributed by atoms with Crippen molar-refractivity contribution in [2.75, 3.05) is 26.0 Å². The number of carbonyl (C=O) groups is 1. The van der Waals surface area contributed by atoms with Gasteiger partial charge in [0, 0.05) is 23.0 Å². The lowest BCUT2D eigenvalue weighted by Crippen LogP contribution is -2.39. The molecule has 110 valence electrons. The van der Waals surface area contributed by atoms with Gasteiger partial charge in [-0.25, -0.2) is 0 Å². The Hall–Kier alpha value is -0.840. The van der Waals surface area contributed by atoms with Crippen LogP contribution in [-0.4, -0.2) is 47.8 Å².